The van der Waals surface area contributed by atoms with E-state index in [0.29, 0.717) is 5.95 Å². The first-order chi connectivity index (χ1) is 10.6. The molecule has 2 heterocycles. The van der Waals surface area contributed by atoms with Crippen LogP contribution in [0.25, 0.3) is 5.69 Å². The summed E-state index contributed by atoms with van der Waals surface area (Å²) in [6.07, 6.45) is 0. The lowest BCUT2D eigenvalue weighted by Gasteiger charge is -2.18. The van der Waals surface area contributed by atoms with E-state index in [1.807, 2.05) is 53.9 Å². The number of aryl methyl sites for hydroxylation is 2. The first-order valence-electron chi connectivity index (χ1n) is 7.21. The van der Waals surface area contributed by atoms with Gasteiger partial charge in [-0.25, -0.2) is 0 Å². The number of aromatic nitrogens is 6. The minimum atomic E-state index is 0.715. The Morgan fingerprint density at radius 3 is 2.59 bits per heavy atom. The van der Waals surface area contributed by atoms with Crippen molar-refractivity contribution in [1.29, 1.82) is 0 Å². The minimum absolute atomic E-state index is 0.715. The number of para-hydroxylation sites is 1. The second-order valence-electron chi connectivity index (χ2n) is 5.30. The monoisotopic (exact) mass is 297 g/mol. The van der Waals surface area contributed by atoms with E-state index in [0.717, 1.165) is 30.2 Å². The summed E-state index contributed by atoms with van der Waals surface area (Å²) < 4.78 is 3.74. The summed E-state index contributed by atoms with van der Waals surface area (Å²) in [4.78, 5) is 2.03. The molecule has 0 bridgehead atoms. The number of rotatable bonds is 5. The smallest absolute Gasteiger partial charge is 0.250 e. The van der Waals surface area contributed by atoms with Crippen molar-refractivity contribution in [2.75, 3.05) is 18.5 Å². The van der Waals surface area contributed by atoms with Crippen LogP contribution in [0.5, 0.6) is 0 Å². The Balaban J connectivity index is 1.75. The van der Waals surface area contributed by atoms with Crippen molar-refractivity contribution >= 4 is 5.95 Å². The summed E-state index contributed by atoms with van der Waals surface area (Å²) in [5.41, 5.74) is 3.14. The molecule has 0 aliphatic rings. The van der Waals surface area contributed by atoms with Crippen LogP contribution < -0.4 is 4.90 Å². The van der Waals surface area contributed by atoms with Crippen LogP contribution in [-0.2, 0) is 6.54 Å². The molecule has 22 heavy (non-hydrogen) atoms. The average molecular weight is 297 g/mol. The summed E-state index contributed by atoms with van der Waals surface area (Å²) in [5.74, 6) is 0.715. The normalized spacial score (nSPS) is 10.9. The van der Waals surface area contributed by atoms with Crippen molar-refractivity contribution in [1.82, 2.24) is 30.0 Å². The van der Waals surface area contributed by atoms with Crippen LogP contribution in [0.2, 0.25) is 0 Å². The highest BCUT2D eigenvalue weighted by atomic mass is 15.6. The van der Waals surface area contributed by atoms with Gasteiger partial charge in [-0.05, 0) is 42.5 Å². The second kappa shape index (κ2) is 5.97. The van der Waals surface area contributed by atoms with Gasteiger partial charge in [0, 0.05) is 19.3 Å². The van der Waals surface area contributed by atoms with Crippen molar-refractivity contribution < 1.29 is 0 Å². The third-order valence-electron chi connectivity index (χ3n) is 3.55. The molecule has 0 saturated carbocycles. The average Bonchev–Trinajstić information content (AvgIpc) is 3.12. The Bertz CT molecular complexity index is 744. The van der Waals surface area contributed by atoms with E-state index in [9.17, 15) is 0 Å². The zero-order chi connectivity index (χ0) is 15.5. The maximum Gasteiger partial charge on any atom is 0.250 e. The van der Waals surface area contributed by atoms with Crippen molar-refractivity contribution in [2.24, 2.45) is 0 Å². The maximum absolute atomic E-state index is 4.48. The molecule has 1 aromatic carbocycles. The Kier molecular flexibility index (Phi) is 3.86. The summed E-state index contributed by atoms with van der Waals surface area (Å²) in [6, 6.07) is 11.9. The summed E-state index contributed by atoms with van der Waals surface area (Å²) >= 11 is 0. The van der Waals surface area contributed by atoms with Crippen molar-refractivity contribution in [3.63, 3.8) is 0 Å². The van der Waals surface area contributed by atoms with Crippen LogP contribution in [-0.4, -0.2) is 43.6 Å². The molecule has 0 fully saturated rings. The molecule has 3 aromatic rings. The number of tetrazole rings is 1. The highest BCUT2D eigenvalue weighted by Crippen LogP contribution is 2.14. The third-order valence-corrected chi connectivity index (χ3v) is 3.55. The standard InChI is InChI=1S/C15H19N7/c1-12-11-13(2)21(17-12)10-9-20(3)15-16-18-19-22(15)14-7-5-4-6-8-14/h4-8,11H,9-10H2,1-3H3. The maximum atomic E-state index is 4.48. The molecular formula is C15H19N7. The topological polar surface area (TPSA) is 64.7 Å². The molecule has 3 rings (SSSR count). The Morgan fingerprint density at radius 2 is 1.91 bits per heavy atom. The quantitative estimate of drug-likeness (QED) is 0.716. The Hall–Kier alpha value is -2.70. The zero-order valence-electron chi connectivity index (χ0n) is 13.0. The highest BCUT2D eigenvalue weighted by Gasteiger charge is 2.13. The lowest BCUT2D eigenvalue weighted by Crippen LogP contribution is -2.26. The lowest BCUT2D eigenvalue weighted by molar-refractivity contribution is 0.586. The zero-order valence-corrected chi connectivity index (χ0v) is 13.0. The molecule has 0 saturated heterocycles. The van der Waals surface area contributed by atoms with Gasteiger partial charge in [0.2, 0.25) is 5.95 Å². The predicted octanol–water partition coefficient (Wildman–Crippen LogP) is 1.61. The fourth-order valence-corrected chi connectivity index (χ4v) is 2.40. The van der Waals surface area contributed by atoms with E-state index >= 15 is 0 Å². The van der Waals surface area contributed by atoms with E-state index in [4.69, 9.17) is 0 Å². The van der Waals surface area contributed by atoms with Crippen LogP contribution >= 0.6 is 0 Å². The molecule has 0 atom stereocenters. The number of hydrogen-bond donors (Lipinski definition) is 0. The van der Waals surface area contributed by atoms with Crippen LogP contribution in [0.4, 0.5) is 5.95 Å². The van der Waals surface area contributed by atoms with Gasteiger partial charge < -0.3 is 4.90 Å². The van der Waals surface area contributed by atoms with Crippen molar-refractivity contribution in [2.45, 2.75) is 20.4 Å². The van der Waals surface area contributed by atoms with Crippen LogP contribution in [0.15, 0.2) is 36.4 Å². The van der Waals surface area contributed by atoms with E-state index in [1.165, 1.54) is 0 Å². The SMILES string of the molecule is Cc1cc(C)n(CCN(C)c2nnnn2-c2ccccc2)n1. The molecule has 2 aromatic heterocycles. The predicted molar refractivity (Wildman–Crippen MR) is 84.1 cm³/mol. The van der Waals surface area contributed by atoms with Gasteiger partial charge in [-0.1, -0.05) is 23.3 Å². The first-order valence-corrected chi connectivity index (χ1v) is 7.21. The van der Waals surface area contributed by atoms with Gasteiger partial charge in [-0.15, -0.1) is 0 Å². The second-order valence-corrected chi connectivity index (χ2v) is 5.30. The molecular weight excluding hydrogens is 278 g/mol. The molecule has 7 nitrogen and oxygen atoms in total. The molecule has 0 aliphatic heterocycles. The number of anilines is 1. The van der Waals surface area contributed by atoms with Crippen LogP contribution in [0.1, 0.15) is 11.4 Å². The first kappa shape index (κ1) is 14.2. The van der Waals surface area contributed by atoms with E-state index < -0.39 is 0 Å². The molecule has 0 aliphatic carbocycles. The number of hydrogen-bond acceptors (Lipinski definition) is 5. The molecule has 0 N–H and O–H groups in total. The fraction of sp³-hybridized carbons (Fsp3) is 0.333. The van der Waals surface area contributed by atoms with Crippen LogP contribution in [0, 0.1) is 13.8 Å². The number of likely N-dealkylation sites (N-methyl/N-ethyl adjacent to an activating group) is 1. The van der Waals surface area contributed by atoms with Crippen molar-refractivity contribution in [3.8, 4) is 5.69 Å². The van der Waals surface area contributed by atoms with Gasteiger partial charge in [-0.2, -0.15) is 9.78 Å². The van der Waals surface area contributed by atoms with E-state index in [-0.39, 0.29) is 0 Å². The Morgan fingerprint density at radius 1 is 1.14 bits per heavy atom. The van der Waals surface area contributed by atoms with Gasteiger partial charge in [0.1, 0.15) is 0 Å². The van der Waals surface area contributed by atoms with Gasteiger partial charge in [0.15, 0.2) is 0 Å². The largest absolute Gasteiger partial charge is 0.341 e. The Labute approximate surface area is 129 Å². The number of benzene rings is 1. The van der Waals surface area contributed by atoms with Gasteiger partial charge in [0.25, 0.3) is 0 Å². The van der Waals surface area contributed by atoms with Gasteiger partial charge in [-0.3, -0.25) is 4.68 Å². The molecule has 0 amide bonds. The molecule has 0 unspecified atom stereocenters. The molecule has 114 valence electrons. The van der Waals surface area contributed by atoms with Crippen molar-refractivity contribution in [3.05, 3.63) is 47.8 Å². The highest BCUT2D eigenvalue weighted by molar-refractivity contribution is 5.39. The van der Waals surface area contributed by atoms with E-state index in [2.05, 4.69) is 33.6 Å². The van der Waals surface area contributed by atoms with Gasteiger partial charge in [0.05, 0.1) is 17.9 Å². The summed E-state index contributed by atoms with van der Waals surface area (Å²) in [5, 5.41) is 16.5. The minimum Gasteiger partial charge on any atom is -0.341 e. The van der Waals surface area contributed by atoms with E-state index in [1.54, 1.807) is 4.68 Å². The van der Waals surface area contributed by atoms with Crippen LogP contribution in [0.3, 0.4) is 0 Å². The third kappa shape index (κ3) is 2.83. The summed E-state index contributed by atoms with van der Waals surface area (Å²) in [6.45, 7) is 5.63. The molecule has 0 radical (unpaired) electrons. The lowest BCUT2D eigenvalue weighted by atomic mass is 10.3. The summed E-state index contributed by atoms with van der Waals surface area (Å²) in [7, 11) is 1.98. The molecule has 0 spiro atoms. The fourth-order valence-electron chi connectivity index (χ4n) is 2.40. The van der Waals surface area contributed by atoms with Gasteiger partial charge >= 0.3 is 0 Å². The molecule has 7 heteroatoms. The number of nitrogens with zero attached hydrogens (tertiary/aromatic N) is 7.